The molecule has 0 fully saturated rings. The molecule has 1 N–H and O–H groups in total. The van der Waals surface area contributed by atoms with Gasteiger partial charge < -0.3 is 10.1 Å². The second-order valence-corrected chi connectivity index (χ2v) is 4.81. The van der Waals surface area contributed by atoms with E-state index in [-0.39, 0.29) is 12.5 Å². The number of ether oxygens (including phenoxy) is 1. The number of aldehydes is 1. The van der Waals surface area contributed by atoms with Crippen LogP contribution in [0.25, 0.3) is 0 Å². The summed E-state index contributed by atoms with van der Waals surface area (Å²) in [7, 11) is 0. The molecule has 0 radical (unpaired) electrons. The fourth-order valence-corrected chi connectivity index (χ4v) is 1.96. The summed E-state index contributed by atoms with van der Waals surface area (Å²) in [5.41, 5.74) is 1.84. The van der Waals surface area contributed by atoms with Gasteiger partial charge in [0.1, 0.15) is 5.75 Å². The summed E-state index contributed by atoms with van der Waals surface area (Å²) in [6.07, 6.45) is 0.689. The molecule has 0 aromatic heterocycles. The molecule has 2 aromatic rings. The fraction of sp³-hybridized carbons (Fsp3) is 0.125. The van der Waals surface area contributed by atoms with Crippen molar-refractivity contribution >= 4 is 29.5 Å². The largest absolute Gasteiger partial charge is 0.483 e. The lowest BCUT2D eigenvalue weighted by atomic mass is 10.2. The number of nitrogens with one attached hydrogen (secondary N) is 1. The topological polar surface area (TPSA) is 55.4 Å². The van der Waals surface area contributed by atoms with E-state index in [1.807, 2.05) is 6.92 Å². The van der Waals surface area contributed by atoms with Crippen molar-refractivity contribution < 1.29 is 14.3 Å². The standard InChI is InChI=1S/C16H14ClNO3/c1-11-13(17)6-4-7-14(11)18-16(20)10-21-15-8-3-2-5-12(15)9-19/h2-9H,10H2,1H3,(H,18,20). The zero-order valence-electron chi connectivity index (χ0n) is 11.4. The first-order valence-electron chi connectivity index (χ1n) is 6.34. The van der Waals surface area contributed by atoms with Crippen LogP contribution in [0.15, 0.2) is 42.5 Å². The molecule has 2 rings (SSSR count). The maximum absolute atomic E-state index is 11.9. The van der Waals surface area contributed by atoms with E-state index in [1.54, 1.807) is 42.5 Å². The van der Waals surface area contributed by atoms with Crippen molar-refractivity contribution in [2.45, 2.75) is 6.92 Å². The first-order chi connectivity index (χ1) is 10.1. The van der Waals surface area contributed by atoms with Crippen LogP contribution in [0.4, 0.5) is 5.69 Å². The zero-order valence-corrected chi connectivity index (χ0v) is 12.2. The molecule has 2 aromatic carbocycles. The molecular formula is C16H14ClNO3. The van der Waals surface area contributed by atoms with E-state index in [1.165, 1.54) is 0 Å². The minimum Gasteiger partial charge on any atom is -0.483 e. The highest BCUT2D eigenvalue weighted by molar-refractivity contribution is 6.31. The predicted molar refractivity (Wildman–Crippen MR) is 82.1 cm³/mol. The SMILES string of the molecule is Cc1c(Cl)cccc1NC(=O)COc1ccccc1C=O. The number of anilines is 1. The summed E-state index contributed by atoms with van der Waals surface area (Å²) in [5.74, 6) is 0.0616. The molecule has 0 bridgehead atoms. The summed E-state index contributed by atoms with van der Waals surface area (Å²) in [5, 5.41) is 3.31. The highest BCUT2D eigenvalue weighted by Gasteiger charge is 2.09. The number of amides is 1. The Morgan fingerprint density at radius 1 is 1.24 bits per heavy atom. The highest BCUT2D eigenvalue weighted by atomic mass is 35.5. The molecule has 0 atom stereocenters. The summed E-state index contributed by atoms with van der Waals surface area (Å²) in [4.78, 5) is 22.7. The van der Waals surface area contributed by atoms with Crippen LogP contribution in [0.2, 0.25) is 5.02 Å². The smallest absolute Gasteiger partial charge is 0.262 e. The molecule has 21 heavy (non-hydrogen) atoms. The van der Waals surface area contributed by atoms with Crippen LogP contribution in [-0.2, 0) is 4.79 Å². The fourth-order valence-electron chi connectivity index (χ4n) is 1.78. The van der Waals surface area contributed by atoms with E-state index in [0.717, 1.165) is 5.56 Å². The van der Waals surface area contributed by atoms with Crippen molar-refractivity contribution in [2.24, 2.45) is 0 Å². The average Bonchev–Trinajstić information content (AvgIpc) is 2.50. The highest BCUT2D eigenvalue weighted by Crippen LogP contribution is 2.23. The lowest BCUT2D eigenvalue weighted by Crippen LogP contribution is -2.21. The van der Waals surface area contributed by atoms with Gasteiger partial charge in [0.15, 0.2) is 12.9 Å². The summed E-state index contributed by atoms with van der Waals surface area (Å²) < 4.78 is 5.36. The van der Waals surface area contributed by atoms with E-state index in [2.05, 4.69) is 5.32 Å². The van der Waals surface area contributed by atoms with Gasteiger partial charge >= 0.3 is 0 Å². The second-order valence-electron chi connectivity index (χ2n) is 4.40. The van der Waals surface area contributed by atoms with Gasteiger partial charge in [0.05, 0.1) is 5.56 Å². The molecule has 0 saturated heterocycles. The van der Waals surface area contributed by atoms with E-state index < -0.39 is 0 Å². The number of carbonyl (C=O) groups is 2. The van der Waals surface area contributed by atoms with Gasteiger partial charge in [-0.1, -0.05) is 29.8 Å². The number of para-hydroxylation sites is 1. The number of hydrogen-bond acceptors (Lipinski definition) is 3. The van der Waals surface area contributed by atoms with Crippen molar-refractivity contribution in [2.75, 3.05) is 11.9 Å². The van der Waals surface area contributed by atoms with Gasteiger partial charge in [0, 0.05) is 10.7 Å². The number of carbonyl (C=O) groups excluding carboxylic acids is 2. The van der Waals surface area contributed by atoms with Crippen molar-refractivity contribution in [3.8, 4) is 5.75 Å². The maximum Gasteiger partial charge on any atom is 0.262 e. The monoisotopic (exact) mass is 303 g/mol. The zero-order chi connectivity index (χ0) is 15.2. The first-order valence-corrected chi connectivity index (χ1v) is 6.71. The lowest BCUT2D eigenvalue weighted by molar-refractivity contribution is -0.118. The molecule has 0 aliphatic carbocycles. The Kier molecular flexibility index (Phi) is 4.95. The van der Waals surface area contributed by atoms with Crippen molar-refractivity contribution in [3.05, 3.63) is 58.6 Å². The van der Waals surface area contributed by atoms with Crippen LogP contribution in [-0.4, -0.2) is 18.8 Å². The second kappa shape index (κ2) is 6.90. The third-order valence-corrected chi connectivity index (χ3v) is 3.36. The molecule has 0 unspecified atom stereocenters. The maximum atomic E-state index is 11.9. The van der Waals surface area contributed by atoms with Gasteiger partial charge in [-0.15, -0.1) is 0 Å². The summed E-state index contributed by atoms with van der Waals surface area (Å²) in [6.45, 7) is 1.64. The van der Waals surface area contributed by atoms with Gasteiger partial charge in [-0.3, -0.25) is 9.59 Å². The van der Waals surface area contributed by atoms with Gasteiger partial charge in [-0.2, -0.15) is 0 Å². The molecule has 0 saturated carbocycles. The minimum atomic E-state index is -0.318. The molecule has 108 valence electrons. The van der Waals surface area contributed by atoms with Gasteiger partial charge in [-0.05, 0) is 36.8 Å². The van der Waals surface area contributed by atoms with Crippen LogP contribution < -0.4 is 10.1 Å². The molecule has 0 aliphatic rings. The molecule has 0 heterocycles. The Hall–Kier alpha value is -2.33. The lowest BCUT2D eigenvalue weighted by Gasteiger charge is -2.11. The number of benzene rings is 2. The molecule has 5 heteroatoms. The Balaban J connectivity index is 1.99. The predicted octanol–water partition coefficient (Wildman–Crippen LogP) is 3.48. The minimum absolute atomic E-state index is 0.184. The Morgan fingerprint density at radius 2 is 2.00 bits per heavy atom. The summed E-state index contributed by atoms with van der Waals surface area (Å²) in [6, 6.07) is 12.0. The van der Waals surface area contributed by atoms with Crippen LogP contribution in [0, 0.1) is 6.92 Å². The van der Waals surface area contributed by atoms with E-state index in [9.17, 15) is 9.59 Å². The first kappa shape index (κ1) is 15.1. The summed E-state index contributed by atoms with van der Waals surface area (Å²) >= 11 is 5.99. The van der Waals surface area contributed by atoms with Crippen LogP contribution in [0.3, 0.4) is 0 Å². The van der Waals surface area contributed by atoms with E-state index in [0.29, 0.717) is 28.3 Å². The average molecular weight is 304 g/mol. The van der Waals surface area contributed by atoms with Gasteiger partial charge in [0.2, 0.25) is 0 Å². The Bertz CT molecular complexity index is 670. The molecular weight excluding hydrogens is 290 g/mol. The normalized spacial score (nSPS) is 10.0. The number of hydrogen-bond donors (Lipinski definition) is 1. The Morgan fingerprint density at radius 3 is 2.76 bits per heavy atom. The molecule has 0 spiro atoms. The molecule has 4 nitrogen and oxygen atoms in total. The van der Waals surface area contributed by atoms with Gasteiger partial charge in [0.25, 0.3) is 5.91 Å². The van der Waals surface area contributed by atoms with Crippen molar-refractivity contribution in [1.82, 2.24) is 0 Å². The number of halogens is 1. The van der Waals surface area contributed by atoms with Crippen LogP contribution in [0.1, 0.15) is 15.9 Å². The van der Waals surface area contributed by atoms with Crippen molar-refractivity contribution in [1.29, 1.82) is 0 Å². The number of rotatable bonds is 5. The van der Waals surface area contributed by atoms with Crippen LogP contribution >= 0.6 is 11.6 Å². The van der Waals surface area contributed by atoms with Crippen LogP contribution in [0.5, 0.6) is 5.75 Å². The Labute approximate surface area is 127 Å². The third kappa shape index (κ3) is 3.83. The van der Waals surface area contributed by atoms with E-state index in [4.69, 9.17) is 16.3 Å². The van der Waals surface area contributed by atoms with Gasteiger partial charge in [-0.25, -0.2) is 0 Å². The quantitative estimate of drug-likeness (QED) is 0.860. The van der Waals surface area contributed by atoms with Crippen molar-refractivity contribution in [3.63, 3.8) is 0 Å². The third-order valence-electron chi connectivity index (χ3n) is 2.95. The molecule has 0 aliphatic heterocycles. The molecule has 1 amide bonds. The van der Waals surface area contributed by atoms with E-state index >= 15 is 0 Å².